The Balaban J connectivity index is 1.34. The molecule has 5 aliphatic carbocycles. The highest BCUT2D eigenvalue weighted by molar-refractivity contribution is 5.90. The summed E-state index contributed by atoms with van der Waals surface area (Å²) in [4.78, 5) is 12.5. The highest BCUT2D eigenvalue weighted by Gasteiger charge is 2.48. The van der Waals surface area contributed by atoms with Crippen LogP contribution in [0.5, 0.6) is 5.75 Å². The number of ether oxygens (including phenoxy) is 2. The lowest BCUT2D eigenvalue weighted by Gasteiger charge is -2.54. The molecule has 0 saturated heterocycles. The maximum atomic E-state index is 14.8. The third kappa shape index (κ3) is 3.92. The van der Waals surface area contributed by atoms with Crippen LogP contribution in [0.15, 0.2) is 12.1 Å². The van der Waals surface area contributed by atoms with E-state index in [1.807, 2.05) is 0 Å². The lowest BCUT2D eigenvalue weighted by atomic mass is 9.52. The zero-order valence-electron chi connectivity index (χ0n) is 17.9. The molecule has 6 rings (SSSR count). The van der Waals surface area contributed by atoms with Crippen molar-refractivity contribution in [2.24, 2.45) is 29.6 Å². The monoisotopic (exact) mass is 400 g/mol. The molecule has 158 valence electrons. The lowest BCUT2D eigenvalue weighted by molar-refractivity contribution is -0.0530. The van der Waals surface area contributed by atoms with Crippen LogP contribution in [0.2, 0.25) is 0 Å². The van der Waals surface area contributed by atoms with Gasteiger partial charge < -0.3 is 9.47 Å². The maximum Gasteiger partial charge on any atom is 0.341 e. The molecule has 4 heteroatoms. The summed E-state index contributed by atoms with van der Waals surface area (Å²) in [5.41, 5.74) is 0.373. The topological polar surface area (TPSA) is 35.5 Å². The van der Waals surface area contributed by atoms with Crippen LogP contribution in [0.25, 0.3) is 0 Å². The van der Waals surface area contributed by atoms with E-state index in [2.05, 4.69) is 0 Å². The molecule has 0 spiro atoms. The van der Waals surface area contributed by atoms with Crippen LogP contribution >= 0.6 is 0 Å². The summed E-state index contributed by atoms with van der Waals surface area (Å²) in [6.45, 7) is 6.09. The quantitative estimate of drug-likeness (QED) is 0.560. The zero-order valence-corrected chi connectivity index (χ0v) is 17.9. The predicted molar refractivity (Wildman–Crippen MR) is 110 cm³/mol. The van der Waals surface area contributed by atoms with E-state index in [-0.39, 0.29) is 5.56 Å². The van der Waals surface area contributed by atoms with Crippen LogP contribution in [0, 0.1) is 35.4 Å². The van der Waals surface area contributed by atoms with Crippen LogP contribution in [0.1, 0.15) is 87.6 Å². The minimum Gasteiger partial charge on any atom is -0.493 e. The molecule has 4 bridgehead atoms. The fourth-order valence-electron chi connectivity index (χ4n) is 6.40. The highest BCUT2D eigenvalue weighted by atomic mass is 19.1. The Morgan fingerprint density at radius 1 is 1.03 bits per heavy atom. The molecule has 5 fully saturated rings. The second-order valence-corrected chi connectivity index (χ2v) is 11.1. The summed E-state index contributed by atoms with van der Waals surface area (Å²) in [6.07, 6.45) is 9.06. The van der Waals surface area contributed by atoms with Crippen LogP contribution in [0.3, 0.4) is 0 Å². The third-order valence-electron chi connectivity index (χ3n) is 7.59. The summed E-state index contributed by atoms with van der Waals surface area (Å²) in [7, 11) is 0. The molecule has 0 heterocycles. The van der Waals surface area contributed by atoms with Gasteiger partial charge in [-0.1, -0.05) is 0 Å². The number of halogens is 1. The molecule has 5 aliphatic rings. The van der Waals surface area contributed by atoms with Crippen LogP contribution in [-0.4, -0.2) is 18.2 Å². The molecule has 0 aliphatic heterocycles. The van der Waals surface area contributed by atoms with Crippen molar-refractivity contribution in [3.8, 4) is 5.75 Å². The lowest BCUT2D eigenvalue weighted by Crippen LogP contribution is -2.47. The normalized spacial score (nSPS) is 33.0. The van der Waals surface area contributed by atoms with E-state index < -0.39 is 17.4 Å². The van der Waals surface area contributed by atoms with E-state index in [0.29, 0.717) is 24.2 Å². The van der Waals surface area contributed by atoms with Gasteiger partial charge in [-0.15, -0.1) is 0 Å². The Kier molecular flexibility index (Phi) is 4.67. The standard InChI is InChI=1S/C25H33FO3/c1-25(2,3)29-24(27)20-11-19(16-4-5-16)23(12-22(20)26)28-13-21-17-7-14-6-15(9-17)10-18(21)8-14/h11-12,14-18,21H,4-10,13H2,1-3H3. The van der Waals surface area contributed by atoms with Crippen molar-refractivity contribution in [1.29, 1.82) is 0 Å². The molecule has 0 amide bonds. The van der Waals surface area contributed by atoms with Gasteiger partial charge in [0.05, 0.1) is 12.2 Å². The van der Waals surface area contributed by atoms with Gasteiger partial charge in [-0.2, -0.15) is 0 Å². The van der Waals surface area contributed by atoms with Crippen molar-refractivity contribution >= 4 is 5.97 Å². The SMILES string of the molecule is CC(C)(C)OC(=O)c1cc(C2CC2)c(OCC2C3CC4CC(C3)CC2C4)cc1F. The average Bonchev–Trinajstić information content (AvgIpc) is 3.44. The molecular formula is C25H33FO3. The van der Waals surface area contributed by atoms with Crippen molar-refractivity contribution in [2.75, 3.05) is 6.61 Å². The second kappa shape index (κ2) is 6.99. The Bertz CT molecular complexity index is 777. The average molecular weight is 401 g/mol. The highest BCUT2D eigenvalue weighted by Crippen LogP contribution is 2.56. The van der Waals surface area contributed by atoms with Gasteiger partial charge in [0, 0.05) is 6.07 Å². The van der Waals surface area contributed by atoms with E-state index >= 15 is 0 Å². The van der Waals surface area contributed by atoms with E-state index in [1.165, 1.54) is 38.2 Å². The summed E-state index contributed by atoms with van der Waals surface area (Å²) in [5, 5.41) is 0. The van der Waals surface area contributed by atoms with Crippen molar-refractivity contribution in [1.82, 2.24) is 0 Å². The van der Waals surface area contributed by atoms with Crippen molar-refractivity contribution < 1.29 is 18.7 Å². The minimum absolute atomic E-state index is 0.0313. The first kappa shape index (κ1) is 19.4. The summed E-state index contributed by atoms with van der Waals surface area (Å²) in [5.74, 6) is 3.98. The van der Waals surface area contributed by atoms with Crippen LogP contribution in [0.4, 0.5) is 4.39 Å². The number of esters is 1. The van der Waals surface area contributed by atoms with Gasteiger partial charge in [0.25, 0.3) is 0 Å². The Morgan fingerprint density at radius 2 is 1.66 bits per heavy atom. The van der Waals surface area contributed by atoms with Crippen molar-refractivity contribution in [3.05, 3.63) is 29.1 Å². The number of hydrogen-bond acceptors (Lipinski definition) is 3. The van der Waals surface area contributed by atoms with E-state index in [4.69, 9.17) is 9.47 Å². The van der Waals surface area contributed by atoms with Crippen molar-refractivity contribution in [3.63, 3.8) is 0 Å². The molecule has 1 aromatic rings. The molecule has 29 heavy (non-hydrogen) atoms. The molecule has 3 nitrogen and oxygen atoms in total. The Morgan fingerprint density at radius 3 is 2.21 bits per heavy atom. The molecule has 0 radical (unpaired) electrons. The Hall–Kier alpha value is -1.58. The van der Waals surface area contributed by atoms with E-state index in [1.54, 1.807) is 26.8 Å². The maximum absolute atomic E-state index is 14.8. The number of hydrogen-bond donors (Lipinski definition) is 0. The first-order valence-electron chi connectivity index (χ1n) is 11.5. The molecule has 0 N–H and O–H groups in total. The van der Waals surface area contributed by atoms with E-state index in [0.717, 1.165) is 42.1 Å². The summed E-state index contributed by atoms with van der Waals surface area (Å²) >= 11 is 0. The zero-order chi connectivity index (χ0) is 20.3. The Labute approximate surface area is 173 Å². The smallest absolute Gasteiger partial charge is 0.341 e. The van der Waals surface area contributed by atoms with Crippen LogP contribution in [-0.2, 0) is 4.74 Å². The second-order valence-electron chi connectivity index (χ2n) is 11.1. The summed E-state index contributed by atoms with van der Waals surface area (Å²) < 4.78 is 26.5. The molecule has 0 aromatic heterocycles. The fourth-order valence-corrected chi connectivity index (χ4v) is 6.40. The molecule has 5 saturated carbocycles. The number of rotatable bonds is 5. The van der Waals surface area contributed by atoms with Gasteiger partial charge in [0.15, 0.2) is 0 Å². The van der Waals surface area contributed by atoms with Gasteiger partial charge >= 0.3 is 5.97 Å². The van der Waals surface area contributed by atoms with Crippen molar-refractivity contribution in [2.45, 2.75) is 77.2 Å². The number of carbonyl (C=O) groups is 1. The minimum atomic E-state index is -0.641. The molecule has 0 atom stereocenters. The number of carbonyl (C=O) groups excluding carboxylic acids is 1. The fraction of sp³-hybridized carbons (Fsp3) is 0.720. The van der Waals surface area contributed by atoms with Gasteiger partial charge in [0.2, 0.25) is 0 Å². The first-order valence-corrected chi connectivity index (χ1v) is 11.5. The third-order valence-corrected chi connectivity index (χ3v) is 7.59. The molecular weight excluding hydrogens is 367 g/mol. The number of benzene rings is 1. The predicted octanol–water partition coefficient (Wildman–Crippen LogP) is 6.11. The summed E-state index contributed by atoms with van der Waals surface area (Å²) in [6, 6.07) is 3.12. The van der Waals surface area contributed by atoms with Gasteiger partial charge in [-0.3, -0.25) is 0 Å². The molecule has 0 unspecified atom stereocenters. The van der Waals surface area contributed by atoms with Gasteiger partial charge in [-0.25, -0.2) is 9.18 Å². The molecule has 1 aromatic carbocycles. The first-order chi connectivity index (χ1) is 13.8. The van der Waals surface area contributed by atoms with Gasteiger partial charge in [-0.05, 0) is 113 Å². The largest absolute Gasteiger partial charge is 0.493 e. The van der Waals surface area contributed by atoms with Crippen LogP contribution < -0.4 is 4.74 Å². The van der Waals surface area contributed by atoms with E-state index in [9.17, 15) is 9.18 Å². The van der Waals surface area contributed by atoms with Gasteiger partial charge in [0.1, 0.15) is 17.2 Å².